The second-order valence-corrected chi connectivity index (χ2v) is 7.97. The molecule has 0 aromatic heterocycles. The zero-order valence-electron chi connectivity index (χ0n) is 16.2. The number of ether oxygens (including phenoxy) is 1. The van der Waals surface area contributed by atoms with E-state index in [0.717, 1.165) is 25.8 Å². The number of carbonyl (C=O) groups is 2. The van der Waals surface area contributed by atoms with E-state index in [9.17, 15) is 9.59 Å². The number of rotatable bonds is 5. The van der Waals surface area contributed by atoms with E-state index in [4.69, 9.17) is 10.5 Å². The van der Waals surface area contributed by atoms with Crippen LogP contribution in [0.5, 0.6) is 0 Å². The summed E-state index contributed by atoms with van der Waals surface area (Å²) in [7, 11) is 0. The minimum Gasteiger partial charge on any atom is -0.444 e. The summed E-state index contributed by atoms with van der Waals surface area (Å²) in [4.78, 5) is 28.6. The molecule has 1 fully saturated rings. The molecular formula is C18H35N3O3. The molecule has 24 heavy (non-hydrogen) atoms. The first kappa shape index (κ1) is 20.7. The fraction of sp³-hybridized carbons (Fsp3) is 0.889. The standard InChI is InChI=1S/C18H35N3O3/c1-7-20(17(23)24-18(4,5)6)12-14-10-8-9-11-21(14)16(22)15(19)13(2)3/h13-15H,7-12,19H2,1-6H3. The topological polar surface area (TPSA) is 75.9 Å². The Labute approximate surface area is 146 Å². The number of nitrogens with two attached hydrogens (primary N) is 1. The molecule has 1 aliphatic heterocycles. The van der Waals surface area contributed by atoms with E-state index in [0.29, 0.717) is 13.1 Å². The lowest BCUT2D eigenvalue weighted by Gasteiger charge is -2.40. The van der Waals surface area contributed by atoms with Gasteiger partial charge in [-0.05, 0) is 52.9 Å². The first-order valence-electron chi connectivity index (χ1n) is 9.10. The van der Waals surface area contributed by atoms with Crippen molar-refractivity contribution >= 4 is 12.0 Å². The molecule has 6 nitrogen and oxygen atoms in total. The van der Waals surface area contributed by atoms with E-state index in [1.807, 2.05) is 46.4 Å². The Morgan fingerprint density at radius 1 is 1.29 bits per heavy atom. The molecule has 0 aromatic rings. The molecule has 0 bridgehead atoms. The Bertz CT molecular complexity index is 432. The lowest BCUT2D eigenvalue weighted by Crippen LogP contribution is -2.56. The highest BCUT2D eigenvalue weighted by Crippen LogP contribution is 2.21. The highest BCUT2D eigenvalue weighted by molar-refractivity contribution is 5.82. The Kier molecular flexibility index (Phi) is 7.52. The summed E-state index contributed by atoms with van der Waals surface area (Å²) in [5.41, 5.74) is 5.54. The van der Waals surface area contributed by atoms with E-state index in [1.165, 1.54) is 0 Å². The van der Waals surface area contributed by atoms with E-state index in [1.54, 1.807) is 4.90 Å². The van der Waals surface area contributed by atoms with Crippen LogP contribution in [-0.2, 0) is 9.53 Å². The Balaban J connectivity index is 2.80. The fourth-order valence-corrected chi connectivity index (χ4v) is 2.87. The van der Waals surface area contributed by atoms with E-state index in [-0.39, 0.29) is 24.0 Å². The van der Waals surface area contributed by atoms with Crippen LogP contribution >= 0.6 is 0 Å². The number of likely N-dealkylation sites (N-methyl/N-ethyl adjacent to an activating group) is 1. The zero-order chi connectivity index (χ0) is 18.5. The summed E-state index contributed by atoms with van der Waals surface area (Å²) in [6.07, 6.45) is 2.63. The number of carbonyl (C=O) groups excluding carboxylic acids is 2. The van der Waals surface area contributed by atoms with Crippen molar-refractivity contribution in [3.8, 4) is 0 Å². The summed E-state index contributed by atoms with van der Waals surface area (Å²) >= 11 is 0. The number of piperidine rings is 1. The molecule has 2 N–H and O–H groups in total. The monoisotopic (exact) mass is 341 g/mol. The van der Waals surface area contributed by atoms with E-state index < -0.39 is 11.6 Å². The Morgan fingerprint density at radius 2 is 1.92 bits per heavy atom. The predicted octanol–water partition coefficient (Wildman–Crippen LogP) is 2.61. The molecule has 2 unspecified atom stereocenters. The smallest absolute Gasteiger partial charge is 0.410 e. The molecule has 0 aliphatic carbocycles. The molecule has 0 saturated carbocycles. The maximum absolute atomic E-state index is 12.7. The van der Waals surface area contributed by atoms with Crippen molar-refractivity contribution in [1.29, 1.82) is 0 Å². The third-order valence-corrected chi connectivity index (χ3v) is 4.38. The Morgan fingerprint density at radius 3 is 2.42 bits per heavy atom. The molecule has 1 rings (SSSR count). The van der Waals surface area contributed by atoms with Gasteiger partial charge in [-0.1, -0.05) is 13.8 Å². The normalized spacial score (nSPS) is 20.0. The van der Waals surface area contributed by atoms with Gasteiger partial charge in [-0.25, -0.2) is 4.79 Å². The zero-order valence-corrected chi connectivity index (χ0v) is 16.2. The second kappa shape index (κ2) is 8.70. The summed E-state index contributed by atoms with van der Waals surface area (Å²) in [5, 5.41) is 0. The Hall–Kier alpha value is -1.30. The van der Waals surface area contributed by atoms with E-state index >= 15 is 0 Å². The molecule has 140 valence electrons. The van der Waals surface area contributed by atoms with Gasteiger partial charge in [0.15, 0.2) is 0 Å². The molecule has 1 heterocycles. The number of hydrogen-bond acceptors (Lipinski definition) is 4. The van der Waals surface area contributed by atoms with Crippen molar-refractivity contribution in [2.24, 2.45) is 11.7 Å². The fourth-order valence-electron chi connectivity index (χ4n) is 2.87. The van der Waals surface area contributed by atoms with Crippen LogP contribution in [0, 0.1) is 5.92 Å². The third kappa shape index (κ3) is 5.96. The molecule has 2 atom stereocenters. The van der Waals surface area contributed by atoms with Crippen molar-refractivity contribution in [1.82, 2.24) is 9.80 Å². The first-order valence-corrected chi connectivity index (χ1v) is 9.10. The van der Waals surface area contributed by atoms with Gasteiger partial charge in [0.25, 0.3) is 0 Å². The quantitative estimate of drug-likeness (QED) is 0.834. The van der Waals surface area contributed by atoms with Crippen LogP contribution in [0.3, 0.4) is 0 Å². The van der Waals surface area contributed by atoms with E-state index in [2.05, 4.69) is 0 Å². The minimum absolute atomic E-state index is 0.00468. The van der Waals surface area contributed by atoms with Crippen LogP contribution < -0.4 is 5.73 Å². The van der Waals surface area contributed by atoms with Crippen molar-refractivity contribution in [3.05, 3.63) is 0 Å². The molecule has 0 radical (unpaired) electrons. The lowest BCUT2D eigenvalue weighted by atomic mass is 9.97. The SMILES string of the molecule is CCN(CC1CCCCN1C(=O)C(N)C(C)C)C(=O)OC(C)(C)C. The molecule has 0 aromatic carbocycles. The number of likely N-dealkylation sites (tertiary alicyclic amines) is 1. The lowest BCUT2D eigenvalue weighted by molar-refractivity contribution is -0.137. The molecule has 0 spiro atoms. The van der Waals surface area contributed by atoms with Gasteiger partial charge in [-0.15, -0.1) is 0 Å². The van der Waals surface area contributed by atoms with Gasteiger partial charge in [-0.3, -0.25) is 4.79 Å². The van der Waals surface area contributed by atoms with Crippen molar-refractivity contribution in [2.75, 3.05) is 19.6 Å². The van der Waals surface area contributed by atoms with Crippen LogP contribution in [0.15, 0.2) is 0 Å². The summed E-state index contributed by atoms with van der Waals surface area (Å²) < 4.78 is 5.47. The van der Waals surface area contributed by atoms with Gasteiger partial charge in [0.1, 0.15) is 5.60 Å². The highest BCUT2D eigenvalue weighted by Gasteiger charge is 2.33. The van der Waals surface area contributed by atoms with Crippen molar-refractivity contribution < 1.29 is 14.3 Å². The summed E-state index contributed by atoms with van der Waals surface area (Å²) in [6.45, 7) is 13.2. The minimum atomic E-state index is -0.521. The average Bonchev–Trinajstić information content (AvgIpc) is 2.49. The molecule has 1 aliphatic rings. The molecule has 1 saturated heterocycles. The third-order valence-electron chi connectivity index (χ3n) is 4.38. The maximum atomic E-state index is 12.7. The number of hydrogen-bond donors (Lipinski definition) is 1. The molecule has 2 amide bonds. The van der Waals surface area contributed by atoms with Gasteiger partial charge in [0.2, 0.25) is 5.91 Å². The predicted molar refractivity (Wildman–Crippen MR) is 95.6 cm³/mol. The van der Waals surface area contributed by atoms with Gasteiger partial charge < -0.3 is 20.3 Å². The molecule has 6 heteroatoms. The van der Waals surface area contributed by atoms with Crippen LogP contribution in [0.4, 0.5) is 4.79 Å². The van der Waals surface area contributed by atoms with Crippen LogP contribution in [0.2, 0.25) is 0 Å². The first-order chi connectivity index (χ1) is 11.1. The van der Waals surface area contributed by atoms with Crippen LogP contribution in [-0.4, -0.2) is 59.1 Å². The summed E-state index contributed by atoms with van der Waals surface area (Å²) in [5.74, 6) is 0.100. The number of amides is 2. The van der Waals surface area contributed by atoms with Gasteiger partial charge in [0, 0.05) is 25.7 Å². The van der Waals surface area contributed by atoms with Crippen LogP contribution in [0.1, 0.15) is 60.8 Å². The van der Waals surface area contributed by atoms with Crippen molar-refractivity contribution in [2.45, 2.75) is 78.5 Å². The van der Waals surface area contributed by atoms with Gasteiger partial charge >= 0.3 is 6.09 Å². The van der Waals surface area contributed by atoms with Crippen LogP contribution in [0.25, 0.3) is 0 Å². The average molecular weight is 341 g/mol. The van der Waals surface area contributed by atoms with Gasteiger partial charge in [0.05, 0.1) is 6.04 Å². The van der Waals surface area contributed by atoms with Gasteiger partial charge in [-0.2, -0.15) is 0 Å². The summed E-state index contributed by atoms with van der Waals surface area (Å²) in [6, 6.07) is -0.467. The molecular weight excluding hydrogens is 306 g/mol. The highest BCUT2D eigenvalue weighted by atomic mass is 16.6. The number of nitrogens with zero attached hydrogens (tertiary/aromatic N) is 2. The second-order valence-electron chi connectivity index (χ2n) is 7.97. The largest absolute Gasteiger partial charge is 0.444 e. The maximum Gasteiger partial charge on any atom is 0.410 e. The van der Waals surface area contributed by atoms with Crippen molar-refractivity contribution in [3.63, 3.8) is 0 Å².